The van der Waals surface area contributed by atoms with Gasteiger partial charge in [0.25, 0.3) is 0 Å². The number of rotatable bonds is 8. The van der Waals surface area contributed by atoms with Crippen molar-refractivity contribution in [3.8, 4) is 5.75 Å². The highest BCUT2D eigenvalue weighted by Gasteiger charge is 2.07. The van der Waals surface area contributed by atoms with Crippen LogP contribution in [0.5, 0.6) is 5.75 Å². The zero-order valence-corrected chi connectivity index (χ0v) is 17.7. The van der Waals surface area contributed by atoms with Gasteiger partial charge in [0, 0.05) is 35.2 Å². The van der Waals surface area contributed by atoms with Gasteiger partial charge in [0.05, 0.1) is 7.11 Å². The quantitative estimate of drug-likeness (QED) is 0.473. The molecule has 156 valence electrons. The number of anilines is 5. The lowest BCUT2D eigenvalue weighted by atomic mass is 10.1. The van der Waals surface area contributed by atoms with E-state index in [0.717, 1.165) is 28.5 Å². The number of hydrogen-bond donors (Lipinski definition) is 3. The summed E-state index contributed by atoms with van der Waals surface area (Å²) in [6, 6.07) is 17.0. The molecule has 7 nitrogen and oxygen atoms in total. The Hall–Kier alpha value is -3.61. The fraction of sp³-hybridized carbons (Fsp3) is 0.261. The van der Waals surface area contributed by atoms with Crippen molar-refractivity contribution in [2.45, 2.75) is 27.2 Å². The van der Waals surface area contributed by atoms with Crippen LogP contribution in [-0.2, 0) is 4.79 Å². The van der Waals surface area contributed by atoms with E-state index in [2.05, 4.69) is 25.9 Å². The molecule has 0 bridgehead atoms. The molecule has 0 fully saturated rings. The minimum absolute atomic E-state index is 0.0157. The third-order valence-electron chi connectivity index (χ3n) is 4.24. The van der Waals surface area contributed by atoms with Crippen molar-refractivity contribution in [3.63, 3.8) is 0 Å². The van der Waals surface area contributed by atoms with E-state index in [1.807, 2.05) is 75.4 Å². The lowest BCUT2D eigenvalue weighted by molar-refractivity contribution is -0.116. The molecule has 30 heavy (non-hydrogen) atoms. The molecule has 7 heteroatoms. The second-order valence-corrected chi connectivity index (χ2v) is 7.42. The molecule has 0 atom stereocenters. The molecule has 0 saturated carbocycles. The number of aromatic nitrogens is 2. The van der Waals surface area contributed by atoms with Crippen LogP contribution < -0.4 is 20.7 Å². The standard InChI is InChI=1S/C23H27N5O2/c1-15(2)13-22(29)26-18-5-7-19(8-6-18)27-23-24-16(3)14-21(28-23)25-17-9-11-20(30-4)12-10-17/h5-12,14-15H,13H2,1-4H3,(H,26,29)(H2,24,25,27,28). The van der Waals surface area contributed by atoms with Gasteiger partial charge in [0.15, 0.2) is 0 Å². The summed E-state index contributed by atoms with van der Waals surface area (Å²) in [5, 5.41) is 9.38. The Bertz CT molecular complexity index is 985. The van der Waals surface area contributed by atoms with Crippen LogP contribution in [0.2, 0.25) is 0 Å². The van der Waals surface area contributed by atoms with Gasteiger partial charge in [-0.15, -0.1) is 0 Å². The average Bonchev–Trinajstić information content (AvgIpc) is 2.69. The summed E-state index contributed by atoms with van der Waals surface area (Å²) in [6.07, 6.45) is 0.501. The van der Waals surface area contributed by atoms with E-state index in [0.29, 0.717) is 24.1 Å². The van der Waals surface area contributed by atoms with Gasteiger partial charge < -0.3 is 20.7 Å². The number of methoxy groups -OCH3 is 1. The van der Waals surface area contributed by atoms with Crippen LogP contribution in [0, 0.1) is 12.8 Å². The number of benzene rings is 2. The Labute approximate surface area is 176 Å². The van der Waals surface area contributed by atoms with E-state index >= 15 is 0 Å². The number of carbonyl (C=O) groups is 1. The van der Waals surface area contributed by atoms with Crippen LogP contribution in [-0.4, -0.2) is 23.0 Å². The van der Waals surface area contributed by atoms with Gasteiger partial charge in [-0.2, -0.15) is 4.98 Å². The molecule has 0 aliphatic carbocycles. The summed E-state index contributed by atoms with van der Waals surface area (Å²) in [6.45, 7) is 5.96. The number of aryl methyl sites for hydroxylation is 1. The molecule has 1 amide bonds. The maximum atomic E-state index is 11.9. The van der Waals surface area contributed by atoms with Crippen molar-refractivity contribution in [1.29, 1.82) is 0 Å². The minimum atomic E-state index is 0.0157. The number of amides is 1. The molecule has 1 aromatic heterocycles. The molecule has 3 N–H and O–H groups in total. The Morgan fingerprint density at radius 3 is 2.17 bits per heavy atom. The van der Waals surface area contributed by atoms with E-state index in [1.54, 1.807) is 7.11 Å². The zero-order chi connectivity index (χ0) is 21.5. The average molecular weight is 406 g/mol. The second kappa shape index (κ2) is 9.73. The molecule has 0 aliphatic heterocycles. The van der Waals surface area contributed by atoms with Crippen molar-refractivity contribution in [3.05, 3.63) is 60.3 Å². The smallest absolute Gasteiger partial charge is 0.229 e. The SMILES string of the molecule is COc1ccc(Nc2cc(C)nc(Nc3ccc(NC(=O)CC(C)C)cc3)n2)cc1. The number of hydrogen-bond acceptors (Lipinski definition) is 6. The van der Waals surface area contributed by atoms with Crippen molar-refractivity contribution in [2.24, 2.45) is 5.92 Å². The molecule has 0 saturated heterocycles. The fourth-order valence-electron chi connectivity index (χ4n) is 2.86. The molecule has 0 unspecified atom stereocenters. The van der Waals surface area contributed by atoms with Crippen LogP contribution in [0.15, 0.2) is 54.6 Å². The molecule has 2 aromatic carbocycles. The molecule has 3 aromatic rings. The van der Waals surface area contributed by atoms with E-state index in [1.165, 1.54) is 0 Å². The summed E-state index contributed by atoms with van der Waals surface area (Å²) in [5.74, 6) is 2.31. The Morgan fingerprint density at radius 2 is 1.53 bits per heavy atom. The predicted octanol–water partition coefficient (Wildman–Crippen LogP) is 5.27. The first-order valence-electron chi connectivity index (χ1n) is 9.85. The fourth-order valence-corrected chi connectivity index (χ4v) is 2.86. The van der Waals surface area contributed by atoms with Crippen LogP contribution in [0.4, 0.5) is 28.8 Å². The molecular weight excluding hydrogens is 378 g/mol. The lowest BCUT2D eigenvalue weighted by Crippen LogP contribution is -2.13. The first-order valence-corrected chi connectivity index (χ1v) is 9.85. The van der Waals surface area contributed by atoms with Crippen LogP contribution >= 0.6 is 0 Å². The summed E-state index contributed by atoms with van der Waals surface area (Å²) in [4.78, 5) is 20.9. The first-order chi connectivity index (χ1) is 14.4. The van der Waals surface area contributed by atoms with Gasteiger partial charge in [-0.05, 0) is 61.4 Å². The monoisotopic (exact) mass is 405 g/mol. The first kappa shape index (κ1) is 21.1. The third kappa shape index (κ3) is 6.20. The number of nitrogens with one attached hydrogen (secondary N) is 3. The Kier molecular flexibility index (Phi) is 6.85. The summed E-state index contributed by atoms with van der Waals surface area (Å²) in [5.41, 5.74) is 3.33. The van der Waals surface area contributed by atoms with Crippen molar-refractivity contribution in [2.75, 3.05) is 23.1 Å². The highest BCUT2D eigenvalue weighted by atomic mass is 16.5. The highest BCUT2D eigenvalue weighted by Crippen LogP contribution is 2.22. The topological polar surface area (TPSA) is 88.2 Å². The van der Waals surface area contributed by atoms with Crippen LogP contribution in [0.3, 0.4) is 0 Å². The Morgan fingerprint density at radius 1 is 0.933 bits per heavy atom. The number of nitrogens with zero attached hydrogens (tertiary/aromatic N) is 2. The van der Waals surface area contributed by atoms with Gasteiger partial charge in [-0.3, -0.25) is 4.79 Å². The maximum absolute atomic E-state index is 11.9. The highest BCUT2D eigenvalue weighted by molar-refractivity contribution is 5.91. The van der Waals surface area contributed by atoms with E-state index < -0.39 is 0 Å². The van der Waals surface area contributed by atoms with Crippen LogP contribution in [0.25, 0.3) is 0 Å². The Balaban J connectivity index is 1.66. The molecule has 1 heterocycles. The number of carbonyl (C=O) groups excluding carboxylic acids is 1. The van der Waals surface area contributed by atoms with Gasteiger partial charge in [0.1, 0.15) is 11.6 Å². The predicted molar refractivity (Wildman–Crippen MR) is 121 cm³/mol. The maximum Gasteiger partial charge on any atom is 0.229 e. The van der Waals surface area contributed by atoms with Crippen molar-refractivity contribution in [1.82, 2.24) is 9.97 Å². The van der Waals surface area contributed by atoms with Gasteiger partial charge in [0.2, 0.25) is 11.9 Å². The molecule has 0 aliphatic rings. The van der Waals surface area contributed by atoms with Crippen molar-refractivity contribution < 1.29 is 9.53 Å². The second-order valence-electron chi connectivity index (χ2n) is 7.42. The summed E-state index contributed by atoms with van der Waals surface area (Å²) >= 11 is 0. The largest absolute Gasteiger partial charge is 0.497 e. The van der Waals surface area contributed by atoms with E-state index in [-0.39, 0.29) is 5.91 Å². The van der Waals surface area contributed by atoms with Gasteiger partial charge >= 0.3 is 0 Å². The third-order valence-corrected chi connectivity index (χ3v) is 4.24. The van der Waals surface area contributed by atoms with E-state index in [4.69, 9.17) is 4.74 Å². The zero-order valence-electron chi connectivity index (χ0n) is 17.7. The molecular formula is C23H27N5O2. The summed E-state index contributed by atoms with van der Waals surface area (Å²) in [7, 11) is 1.64. The molecule has 0 spiro atoms. The van der Waals surface area contributed by atoms with Crippen molar-refractivity contribution >= 4 is 34.7 Å². The van der Waals surface area contributed by atoms with Crippen LogP contribution in [0.1, 0.15) is 26.0 Å². The van der Waals surface area contributed by atoms with E-state index in [9.17, 15) is 4.79 Å². The van der Waals surface area contributed by atoms with Gasteiger partial charge in [-0.1, -0.05) is 13.8 Å². The molecule has 0 radical (unpaired) electrons. The van der Waals surface area contributed by atoms with Gasteiger partial charge in [-0.25, -0.2) is 4.98 Å². The number of ether oxygens (including phenoxy) is 1. The lowest BCUT2D eigenvalue weighted by Gasteiger charge is -2.11. The summed E-state index contributed by atoms with van der Waals surface area (Å²) < 4.78 is 5.18. The minimum Gasteiger partial charge on any atom is -0.497 e. The molecule has 3 rings (SSSR count). The normalized spacial score (nSPS) is 10.6.